The molecular formula is C25H25ClN8O3. The molecule has 0 saturated carbocycles. The van der Waals surface area contributed by atoms with E-state index in [2.05, 4.69) is 20.2 Å². The number of anilines is 2. The minimum atomic E-state index is -0.119. The molecule has 0 atom stereocenters. The highest BCUT2D eigenvalue weighted by Gasteiger charge is 2.29. The molecule has 2 N–H and O–H groups in total. The highest BCUT2D eigenvalue weighted by atomic mass is 35.5. The van der Waals surface area contributed by atoms with Crippen LogP contribution in [0, 0.1) is 0 Å². The fourth-order valence-corrected chi connectivity index (χ4v) is 4.76. The number of pyridine rings is 1. The summed E-state index contributed by atoms with van der Waals surface area (Å²) in [5.41, 5.74) is 7.97. The first-order valence-corrected chi connectivity index (χ1v) is 12.1. The lowest BCUT2D eigenvalue weighted by Crippen LogP contribution is -2.47. The molecular weight excluding hydrogens is 496 g/mol. The van der Waals surface area contributed by atoms with Gasteiger partial charge in [-0.2, -0.15) is 0 Å². The monoisotopic (exact) mass is 520 g/mol. The number of hydrogen-bond acceptors (Lipinski definition) is 8. The average Bonchev–Trinajstić information content (AvgIpc) is 3.54. The molecule has 3 aromatic heterocycles. The van der Waals surface area contributed by atoms with Gasteiger partial charge in [0, 0.05) is 60.9 Å². The molecule has 12 heteroatoms. The molecule has 0 spiro atoms. The standard InChI is InChI=1S/C25H25ClN8O3/c1-32-10-7-29-24(32)16-11-17(13-18(26)12-16)25-31-30-21(37-25)14-22(36)33-8-4-19(5-9-33)34(15-35)20-3-2-6-28-23(20)27/h2-3,6-7,10-13,15,19H,4-5,8-9,14H2,1H3,(H2,27,28). The summed E-state index contributed by atoms with van der Waals surface area (Å²) in [6.07, 6.45) is 7.12. The number of hydrogen-bond donors (Lipinski definition) is 1. The van der Waals surface area contributed by atoms with Crippen LogP contribution in [0.5, 0.6) is 0 Å². The van der Waals surface area contributed by atoms with Crippen LogP contribution in [0.3, 0.4) is 0 Å². The number of aryl methyl sites for hydroxylation is 1. The van der Waals surface area contributed by atoms with Gasteiger partial charge in [-0.1, -0.05) is 11.6 Å². The number of benzene rings is 1. The maximum atomic E-state index is 12.9. The molecule has 1 saturated heterocycles. The number of nitrogens with two attached hydrogens (primary N) is 1. The maximum Gasteiger partial charge on any atom is 0.247 e. The van der Waals surface area contributed by atoms with Gasteiger partial charge in [0.05, 0.1) is 5.69 Å². The molecule has 4 heterocycles. The molecule has 1 aromatic carbocycles. The second kappa shape index (κ2) is 10.4. The third-order valence-electron chi connectivity index (χ3n) is 6.41. The molecule has 1 fully saturated rings. The van der Waals surface area contributed by atoms with Crippen molar-refractivity contribution in [2.75, 3.05) is 23.7 Å². The van der Waals surface area contributed by atoms with E-state index >= 15 is 0 Å². The van der Waals surface area contributed by atoms with Crippen molar-refractivity contribution in [3.05, 3.63) is 59.8 Å². The molecule has 5 rings (SSSR count). The van der Waals surface area contributed by atoms with Crippen LogP contribution in [0.2, 0.25) is 5.02 Å². The number of halogens is 1. The van der Waals surface area contributed by atoms with Gasteiger partial charge in [0.2, 0.25) is 24.1 Å². The van der Waals surface area contributed by atoms with E-state index in [9.17, 15) is 9.59 Å². The van der Waals surface area contributed by atoms with E-state index in [1.54, 1.807) is 40.4 Å². The van der Waals surface area contributed by atoms with Crippen molar-refractivity contribution >= 4 is 35.4 Å². The van der Waals surface area contributed by atoms with Crippen molar-refractivity contribution in [2.24, 2.45) is 7.05 Å². The minimum absolute atomic E-state index is 0.0165. The van der Waals surface area contributed by atoms with Crippen LogP contribution < -0.4 is 10.6 Å². The van der Waals surface area contributed by atoms with Gasteiger partial charge in [-0.15, -0.1) is 10.2 Å². The second-order valence-corrected chi connectivity index (χ2v) is 9.24. The van der Waals surface area contributed by atoms with Gasteiger partial charge < -0.3 is 24.5 Å². The smallest absolute Gasteiger partial charge is 0.247 e. The average molecular weight is 521 g/mol. The molecule has 0 unspecified atom stereocenters. The summed E-state index contributed by atoms with van der Waals surface area (Å²) in [6.45, 7) is 0.993. The number of nitrogens with zero attached hydrogens (tertiary/aromatic N) is 7. The molecule has 37 heavy (non-hydrogen) atoms. The Bertz CT molecular complexity index is 1430. The highest BCUT2D eigenvalue weighted by molar-refractivity contribution is 6.31. The van der Waals surface area contributed by atoms with Gasteiger partial charge in [0.15, 0.2) is 0 Å². The predicted octanol–water partition coefficient (Wildman–Crippen LogP) is 2.96. The molecule has 0 radical (unpaired) electrons. The van der Waals surface area contributed by atoms with E-state index in [1.807, 2.05) is 29.9 Å². The van der Waals surface area contributed by atoms with Gasteiger partial charge in [0.25, 0.3) is 0 Å². The Morgan fingerprint density at radius 2 is 1.97 bits per heavy atom. The Hall–Kier alpha value is -4.25. The third kappa shape index (κ3) is 5.17. The number of aromatic nitrogens is 5. The van der Waals surface area contributed by atoms with E-state index in [1.165, 1.54) is 0 Å². The summed E-state index contributed by atoms with van der Waals surface area (Å²) in [6, 6.07) is 8.84. The Morgan fingerprint density at radius 3 is 2.68 bits per heavy atom. The van der Waals surface area contributed by atoms with Crippen LogP contribution in [-0.4, -0.2) is 61.1 Å². The largest absolute Gasteiger partial charge is 0.420 e. The molecule has 1 aliphatic heterocycles. The second-order valence-electron chi connectivity index (χ2n) is 8.80. The van der Waals surface area contributed by atoms with Crippen LogP contribution in [0.15, 0.2) is 53.3 Å². The van der Waals surface area contributed by atoms with E-state index < -0.39 is 0 Å². The van der Waals surface area contributed by atoms with E-state index in [4.69, 9.17) is 21.8 Å². The fraction of sp³-hybridized carbons (Fsp3) is 0.280. The van der Waals surface area contributed by atoms with Crippen molar-refractivity contribution in [1.82, 2.24) is 29.6 Å². The predicted molar refractivity (Wildman–Crippen MR) is 137 cm³/mol. The first-order chi connectivity index (χ1) is 17.9. The summed E-state index contributed by atoms with van der Waals surface area (Å²) in [7, 11) is 1.90. The van der Waals surface area contributed by atoms with Crippen LogP contribution >= 0.6 is 11.6 Å². The summed E-state index contributed by atoms with van der Waals surface area (Å²) < 4.78 is 7.69. The van der Waals surface area contributed by atoms with Crippen LogP contribution in [-0.2, 0) is 23.1 Å². The number of piperidine rings is 1. The number of nitrogen functional groups attached to an aromatic ring is 1. The maximum absolute atomic E-state index is 12.9. The van der Waals surface area contributed by atoms with Crippen LogP contribution in [0.25, 0.3) is 22.8 Å². The number of imidazole rings is 1. The van der Waals surface area contributed by atoms with E-state index in [0.29, 0.717) is 48.0 Å². The van der Waals surface area contributed by atoms with Crippen molar-refractivity contribution in [1.29, 1.82) is 0 Å². The first-order valence-electron chi connectivity index (χ1n) is 11.8. The van der Waals surface area contributed by atoms with Crippen LogP contribution in [0.1, 0.15) is 18.7 Å². The normalized spacial score (nSPS) is 14.1. The van der Waals surface area contributed by atoms with Crippen LogP contribution in [0.4, 0.5) is 11.5 Å². The lowest BCUT2D eigenvalue weighted by molar-refractivity contribution is -0.131. The topological polar surface area (TPSA) is 136 Å². The SMILES string of the molecule is Cn1ccnc1-c1cc(Cl)cc(-c2nnc(CC(=O)N3CCC(N(C=O)c4cccnc4N)CC3)o2)c1. The number of likely N-dealkylation sites (tertiary alicyclic amines) is 1. The van der Waals surface area contributed by atoms with Gasteiger partial charge in [-0.3, -0.25) is 9.59 Å². The zero-order chi connectivity index (χ0) is 25.9. The molecule has 11 nitrogen and oxygen atoms in total. The van der Waals surface area contributed by atoms with E-state index in [-0.39, 0.29) is 30.2 Å². The van der Waals surface area contributed by atoms with Crippen molar-refractivity contribution in [3.8, 4) is 22.8 Å². The first kappa shape index (κ1) is 24.4. The third-order valence-corrected chi connectivity index (χ3v) is 6.63. The zero-order valence-corrected chi connectivity index (χ0v) is 20.9. The molecule has 1 aliphatic rings. The number of carbonyl (C=O) groups is 2. The van der Waals surface area contributed by atoms with Gasteiger partial charge in [0.1, 0.15) is 18.1 Å². The Labute approximate surface area is 217 Å². The Morgan fingerprint density at radius 1 is 1.19 bits per heavy atom. The summed E-state index contributed by atoms with van der Waals surface area (Å²) in [5.74, 6) is 1.42. The highest BCUT2D eigenvalue weighted by Crippen LogP contribution is 2.29. The summed E-state index contributed by atoms with van der Waals surface area (Å²) >= 11 is 6.33. The van der Waals surface area contributed by atoms with E-state index in [0.717, 1.165) is 17.8 Å². The van der Waals surface area contributed by atoms with Gasteiger partial charge >= 0.3 is 0 Å². The van der Waals surface area contributed by atoms with Crippen molar-refractivity contribution in [3.63, 3.8) is 0 Å². The molecule has 0 bridgehead atoms. The quantitative estimate of drug-likeness (QED) is 0.367. The molecule has 4 aromatic rings. The van der Waals surface area contributed by atoms with Crippen molar-refractivity contribution in [2.45, 2.75) is 25.3 Å². The fourth-order valence-electron chi connectivity index (χ4n) is 4.53. The lowest BCUT2D eigenvalue weighted by Gasteiger charge is -2.36. The number of carbonyl (C=O) groups excluding carboxylic acids is 2. The number of amides is 2. The number of rotatable bonds is 7. The zero-order valence-electron chi connectivity index (χ0n) is 20.1. The summed E-state index contributed by atoms with van der Waals surface area (Å²) in [5, 5.41) is 8.70. The molecule has 190 valence electrons. The summed E-state index contributed by atoms with van der Waals surface area (Å²) in [4.78, 5) is 36.5. The van der Waals surface area contributed by atoms with Gasteiger partial charge in [-0.25, -0.2) is 9.97 Å². The minimum Gasteiger partial charge on any atom is -0.420 e. The Balaban J connectivity index is 1.23. The van der Waals surface area contributed by atoms with Gasteiger partial charge in [-0.05, 0) is 43.2 Å². The lowest BCUT2D eigenvalue weighted by atomic mass is 10.0. The molecule has 0 aliphatic carbocycles. The molecule has 2 amide bonds. The van der Waals surface area contributed by atoms with Crippen molar-refractivity contribution < 1.29 is 14.0 Å². The Kier molecular flexibility index (Phi) is 6.87.